The largest absolute Gasteiger partial charge is 0.497 e. The Morgan fingerprint density at radius 1 is 1.09 bits per heavy atom. The highest BCUT2D eigenvalue weighted by molar-refractivity contribution is 6.37. The predicted molar refractivity (Wildman–Crippen MR) is 87.4 cm³/mol. The number of hydrogen-bond donors (Lipinski definition) is 2. The van der Waals surface area contributed by atoms with Crippen molar-refractivity contribution in [3.05, 3.63) is 54.4 Å². The first-order chi connectivity index (χ1) is 11.2. The number of benzene rings is 1. The highest BCUT2D eigenvalue weighted by Gasteiger charge is 2.12. The van der Waals surface area contributed by atoms with Crippen LogP contribution in [0.1, 0.15) is 5.56 Å². The summed E-state index contributed by atoms with van der Waals surface area (Å²) in [5, 5.41) is 5.51. The first-order valence-corrected chi connectivity index (χ1v) is 7.27. The molecule has 6 heteroatoms. The van der Waals surface area contributed by atoms with Crippen molar-refractivity contribution in [2.45, 2.75) is 6.42 Å². The molecule has 0 spiro atoms. The molecule has 1 aromatic heterocycles. The molecular formula is C17H19N3O3. The fourth-order valence-corrected chi connectivity index (χ4v) is 1.94. The minimum absolute atomic E-state index is 0.0433. The zero-order valence-electron chi connectivity index (χ0n) is 12.9. The van der Waals surface area contributed by atoms with Gasteiger partial charge in [-0.3, -0.25) is 14.6 Å². The number of rotatable bonds is 8. The molecule has 0 aliphatic heterocycles. The van der Waals surface area contributed by atoms with Gasteiger partial charge in [-0.15, -0.1) is 0 Å². The maximum atomic E-state index is 11.7. The van der Waals surface area contributed by atoms with E-state index in [2.05, 4.69) is 15.6 Å². The zero-order chi connectivity index (χ0) is 16.5. The topological polar surface area (TPSA) is 80.3 Å². The zero-order valence-corrected chi connectivity index (χ0v) is 12.9. The standard InChI is InChI=1S/C17H19N3O3/c1-23-15-4-2-13(3-5-15)6-11-19-17(22)16(21)12-20-14-7-9-18-10-8-14/h2-5,7-10H,6,11-12H2,1H3,(H,18,20)(H,19,22). The van der Waals surface area contributed by atoms with Crippen LogP contribution in [0.15, 0.2) is 48.8 Å². The first-order valence-electron chi connectivity index (χ1n) is 7.27. The van der Waals surface area contributed by atoms with Crippen molar-refractivity contribution in [1.82, 2.24) is 10.3 Å². The minimum atomic E-state index is -0.583. The van der Waals surface area contributed by atoms with Crippen molar-refractivity contribution in [2.24, 2.45) is 0 Å². The molecule has 0 aliphatic carbocycles. The third-order valence-electron chi connectivity index (χ3n) is 3.24. The third-order valence-corrected chi connectivity index (χ3v) is 3.24. The van der Waals surface area contributed by atoms with E-state index in [4.69, 9.17) is 4.74 Å². The second-order valence-electron chi connectivity index (χ2n) is 4.87. The molecule has 120 valence electrons. The summed E-state index contributed by atoms with van der Waals surface area (Å²) in [6.07, 6.45) is 3.88. The van der Waals surface area contributed by atoms with E-state index in [-0.39, 0.29) is 6.54 Å². The lowest BCUT2D eigenvalue weighted by Gasteiger charge is -2.07. The van der Waals surface area contributed by atoms with Crippen molar-refractivity contribution in [2.75, 3.05) is 25.5 Å². The second-order valence-corrected chi connectivity index (χ2v) is 4.87. The third kappa shape index (κ3) is 5.43. The molecule has 6 nitrogen and oxygen atoms in total. The van der Waals surface area contributed by atoms with Crippen LogP contribution in [0.3, 0.4) is 0 Å². The van der Waals surface area contributed by atoms with Crippen LogP contribution >= 0.6 is 0 Å². The summed E-state index contributed by atoms with van der Waals surface area (Å²) in [4.78, 5) is 27.3. The van der Waals surface area contributed by atoms with Gasteiger partial charge in [-0.25, -0.2) is 0 Å². The van der Waals surface area contributed by atoms with Crippen LogP contribution in [-0.4, -0.2) is 36.9 Å². The molecule has 0 saturated heterocycles. The Bertz CT molecular complexity index is 642. The van der Waals surface area contributed by atoms with Gasteiger partial charge in [0.05, 0.1) is 13.7 Å². The molecule has 23 heavy (non-hydrogen) atoms. The number of anilines is 1. The Balaban J connectivity index is 1.70. The maximum Gasteiger partial charge on any atom is 0.289 e. The van der Waals surface area contributed by atoms with Crippen molar-refractivity contribution in [1.29, 1.82) is 0 Å². The Kier molecular flexibility index (Phi) is 6.11. The highest BCUT2D eigenvalue weighted by Crippen LogP contribution is 2.11. The molecule has 0 saturated carbocycles. The summed E-state index contributed by atoms with van der Waals surface area (Å²) in [7, 11) is 1.61. The molecular weight excluding hydrogens is 294 g/mol. The van der Waals surface area contributed by atoms with E-state index in [1.165, 1.54) is 0 Å². The summed E-state index contributed by atoms with van der Waals surface area (Å²) in [6, 6.07) is 11.0. The maximum absolute atomic E-state index is 11.7. The van der Waals surface area contributed by atoms with Gasteiger partial charge in [0.25, 0.3) is 5.91 Å². The number of carbonyl (C=O) groups is 2. The number of methoxy groups -OCH3 is 1. The van der Waals surface area contributed by atoms with Crippen LogP contribution < -0.4 is 15.4 Å². The Morgan fingerprint density at radius 2 is 1.78 bits per heavy atom. The van der Waals surface area contributed by atoms with E-state index in [1.807, 2.05) is 24.3 Å². The lowest BCUT2D eigenvalue weighted by molar-refractivity contribution is -0.136. The smallest absolute Gasteiger partial charge is 0.289 e. The van der Waals surface area contributed by atoms with Gasteiger partial charge in [0, 0.05) is 24.6 Å². The molecule has 0 bridgehead atoms. The van der Waals surface area contributed by atoms with Crippen LogP contribution in [0.4, 0.5) is 5.69 Å². The predicted octanol–water partition coefficient (Wildman–Crippen LogP) is 1.43. The summed E-state index contributed by atoms with van der Waals surface area (Å²) in [5.74, 6) is -0.299. The van der Waals surface area contributed by atoms with E-state index in [1.54, 1.807) is 31.6 Å². The van der Waals surface area contributed by atoms with Crippen LogP contribution in [0.2, 0.25) is 0 Å². The lowest BCUT2D eigenvalue weighted by Crippen LogP contribution is -2.36. The number of amides is 1. The first kappa shape index (κ1) is 16.5. The van der Waals surface area contributed by atoms with Gasteiger partial charge < -0.3 is 15.4 Å². The quantitative estimate of drug-likeness (QED) is 0.721. The summed E-state index contributed by atoms with van der Waals surface area (Å²) < 4.78 is 5.08. The van der Waals surface area contributed by atoms with Crippen LogP contribution in [0.5, 0.6) is 5.75 Å². The number of ketones is 1. The van der Waals surface area contributed by atoms with Gasteiger partial charge in [-0.1, -0.05) is 12.1 Å². The van der Waals surface area contributed by atoms with Gasteiger partial charge >= 0.3 is 0 Å². The summed E-state index contributed by atoms with van der Waals surface area (Å²) in [5.41, 5.74) is 1.81. The van der Waals surface area contributed by atoms with Gasteiger partial charge in [0.1, 0.15) is 5.75 Å². The normalized spacial score (nSPS) is 9.96. The highest BCUT2D eigenvalue weighted by atomic mass is 16.5. The average molecular weight is 313 g/mol. The van der Waals surface area contributed by atoms with Gasteiger partial charge in [-0.2, -0.15) is 0 Å². The van der Waals surface area contributed by atoms with Crippen LogP contribution in [-0.2, 0) is 16.0 Å². The molecule has 2 rings (SSSR count). The number of ether oxygens (including phenoxy) is 1. The molecule has 0 atom stereocenters. The fourth-order valence-electron chi connectivity index (χ4n) is 1.94. The van der Waals surface area contributed by atoms with Crippen molar-refractivity contribution >= 4 is 17.4 Å². The number of aromatic nitrogens is 1. The summed E-state index contributed by atoms with van der Waals surface area (Å²) >= 11 is 0. The molecule has 1 heterocycles. The number of nitrogens with one attached hydrogen (secondary N) is 2. The van der Waals surface area contributed by atoms with Crippen LogP contribution in [0.25, 0.3) is 0 Å². The van der Waals surface area contributed by atoms with E-state index >= 15 is 0 Å². The van der Waals surface area contributed by atoms with Crippen molar-refractivity contribution < 1.29 is 14.3 Å². The fraction of sp³-hybridized carbons (Fsp3) is 0.235. The van der Waals surface area contributed by atoms with Gasteiger partial charge in [-0.05, 0) is 36.2 Å². The number of hydrogen-bond acceptors (Lipinski definition) is 5. The number of Topliss-reactive ketones (excluding diaryl/α,β-unsaturated/α-hetero) is 1. The molecule has 1 amide bonds. The van der Waals surface area contributed by atoms with Crippen molar-refractivity contribution in [3.8, 4) is 5.75 Å². The van der Waals surface area contributed by atoms with Crippen molar-refractivity contribution in [3.63, 3.8) is 0 Å². The number of carbonyl (C=O) groups excluding carboxylic acids is 2. The van der Waals surface area contributed by atoms with E-state index < -0.39 is 11.7 Å². The molecule has 1 aromatic carbocycles. The average Bonchev–Trinajstić information content (AvgIpc) is 2.61. The van der Waals surface area contributed by atoms with Gasteiger partial charge in [0.15, 0.2) is 0 Å². The molecule has 0 unspecified atom stereocenters. The molecule has 2 N–H and O–H groups in total. The Hall–Kier alpha value is -2.89. The lowest BCUT2D eigenvalue weighted by atomic mass is 10.1. The minimum Gasteiger partial charge on any atom is -0.497 e. The monoisotopic (exact) mass is 313 g/mol. The number of nitrogens with zero attached hydrogens (tertiary/aromatic N) is 1. The van der Waals surface area contributed by atoms with E-state index in [9.17, 15) is 9.59 Å². The Labute approximate surface area is 134 Å². The van der Waals surface area contributed by atoms with E-state index in [0.717, 1.165) is 17.0 Å². The van der Waals surface area contributed by atoms with Crippen LogP contribution in [0, 0.1) is 0 Å². The molecule has 2 aromatic rings. The second kappa shape index (κ2) is 8.53. The van der Waals surface area contributed by atoms with E-state index in [0.29, 0.717) is 13.0 Å². The molecule has 0 aliphatic rings. The Morgan fingerprint density at radius 3 is 2.43 bits per heavy atom. The number of pyridine rings is 1. The molecule has 0 fully saturated rings. The SMILES string of the molecule is COc1ccc(CCNC(=O)C(=O)CNc2ccncc2)cc1. The summed E-state index contributed by atoms with van der Waals surface area (Å²) in [6.45, 7) is 0.366. The molecule has 0 radical (unpaired) electrons. The van der Waals surface area contributed by atoms with Gasteiger partial charge in [0.2, 0.25) is 5.78 Å².